The Labute approximate surface area is 83.9 Å². The van der Waals surface area contributed by atoms with E-state index in [2.05, 4.69) is 0 Å². The van der Waals surface area contributed by atoms with E-state index in [4.69, 9.17) is 5.11 Å². The molecule has 3 unspecified atom stereocenters. The number of hydrogen-bond acceptors (Lipinski definition) is 2. The van der Waals surface area contributed by atoms with Crippen molar-refractivity contribution in [3.8, 4) is 0 Å². The number of aliphatic carboxylic acids is 1. The van der Waals surface area contributed by atoms with E-state index in [1.165, 1.54) is 6.92 Å². The van der Waals surface area contributed by atoms with Crippen LogP contribution in [0.25, 0.3) is 0 Å². The first-order valence-corrected chi connectivity index (χ1v) is 5.06. The van der Waals surface area contributed by atoms with Gasteiger partial charge < -0.3 is 10.0 Å². The fraction of sp³-hybridized carbons (Fsp3) is 0.900. The first kappa shape index (κ1) is 11.4. The highest BCUT2D eigenvalue weighted by molar-refractivity contribution is 5.70. The number of hydrogen-bond donors (Lipinski definition) is 1. The van der Waals surface area contributed by atoms with Crippen molar-refractivity contribution in [1.82, 2.24) is 4.90 Å². The largest absolute Gasteiger partial charge is 0.481 e. The fourth-order valence-corrected chi connectivity index (χ4v) is 2.14. The van der Waals surface area contributed by atoms with E-state index in [-0.39, 0.29) is 5.92 Å². The molecule has 1 rings (SSSR count). The summed E-state index contributed by atoms with van der Waals surface area (Å²) in [5.74, 6) is -1.18. The molecule has 0 spiro atoms. The standard InChI is InChI=1S/C10H18FNO2/c1-7(11)5-8-3-4-12(2)6-9(8)10(13)14/h7-9H,3-6H2,1-2H3,(H,13,14). The van der Waals surface area contributed by atoms with Crippen LogP contribution in [0.5, 0.6) is 0 Å². The Morgan fingerprint density at radius 2 is 2.36 bits per heavy atom. The zero-order valence-electron chi connectivity index (χ0n) is 8.74. The minimum Gasteiger partial charge on any atom is -0.481 e. The summed E-state index contributed by atoms with van der Waals surface area (Å²) in [6.45, 7) is 2.92. The van der Waals surface area contributed by atoms with E-state index in [0.29, 0.717) is 13.0 Å². The zero-order valence-corrected chi connectivity index (χ0v) is 8.74. The van der Waals surface area contributed by atoms with Crippen LogP contribution in [-0.2, 0) is 4.79 Å². The molecular weight excluding hydrogens is 185 g/mol. The van der Waals surface area contributed by atoms with Crippen molar-refractivity contribution in [2.75, 3.05) is 20.1 Å². The Kier molecular flexibility index (Phi) is 3.86. The molecule has 1 heterocycles. The summed E-state index contributed by atoms with van der Waals surface area (Å²) in [6.07, 6.45) is 0.275. The minimum absolute atomic E-state index is 0.00343. The van der Waals surface area contributed by atoms with E-state index in [1.807, 2.05) is 11.9 Å². The molecule has 1 N–H and O–H groups in total. The number of rotatable bonds is 3. The number of nitrogens with zero attached hydrogens (tertiary/aromatic N) is 1. The molecule has 3 atom stereocenters. The summed E-state index contributed by atoms with van der Waals surface area (Å²) in [5.41, 5.74) is 0. The average Bonchev–Trinajstić information content (AvgIpc) is 2.07. The molecule has 1 aliphatic heterocycles. The minimum atomic E-state index is -0.898. The van der Waals surface area contributed by atoms with Gasteiger partial charge in [-0.15, -0.1) is 0 Å². The molecular formula is C10H18FNO2. The molecule has 14 heavy (non-hydrogen) atoms. The molecule has 1 fully saturated rings. The van der Waals surface area contributed by atoms with Gasteiger partial charge in [0.1, 0.15) is 0 Å². The lowest BCUT2D eigenvalue weighted by molar-refractivity contribution is -0.146. The summed E-state index contributed by atoms with van der Waals surface area (Å²) in [7, 11) is 1.91. The van der Waals surface area contributed by atoms with Gasteiger partial charge in [-0.1, -0.05) is 0 Å². The number of piperidine rings is 1. The molecule has 3 nitrogen and oxygen atoms in total. The second-order valence-corrected chi connectivity index (χ2v) is 4.27. The molecule has 0 aromatic heterocycles. The molecule has 0 aromatic carbocycles. The number of likely N-dealkylation sites (tertiary alicyclic amines) is 1. The predicted octanol–water partition coefficient (Wildman–Crippen LogP) is 1.39. The third-order valence-electron chi connectivity index (χ3n) is 2.90. The van der Waals surface area contributed by atoms with Gasteiger partial charge in [-0.2, -0.15) is 0 Å². The number of carboxylic acid groups (broad SMARTS) is 1. The maximum Gasteiger partial charge on any atom is 0.308 e. The Morgan fingerprint density at radius 3 is 2.86 bits per heavy atom. The van der Waals surface area contributed by atoms with Crippen LogP contribution in [0.3, 0.4) is 0 Å². The third-order valence-corrected chi connectivity index (χ3v) is 2.90. The van der Waals surface area contributed by atoms with Gasteiger partial charge in [-0.3, -0.25) is 4.79 Å². The highest BCUT2D eigenvalue weighted by Crippen LogP contribution is 2.27. The second kappa shape index (κ2) is 4.73. The molecule has 1 saturated heterocycles. The van der Waals surface area contributed by atoms with Gasteiger partial charge >= 0.3 is 5.97 Å². The number of halogens is 1. The second-order valence-electron chi connectivity index (χ2n) is 4.27. The maximum atomic E-state index is 12.8. The molecule has 0 bridgehead atoms. The molecule has 1 aliphatic rings. The Balaban J connectivity index is 2.58. The molecule has 0 radical (unpaired) electrons. The van der Waals surface area contributed by atoms with Gasteiger partial charge in [0.25, 0.3) is 0 Å². The van der Waals surface area contributed by atoms with Crippen LogP contribution in [0.4, 0.5) is 4.39 Å². The first-order valence-electron chi connectivity index (χ1n) is 5.06. The van der Waals surface area contributed by atoms with Crippen LogP contribution < -0.4 is 0 Å². The van der Waals surface area contributed by atoms with E-state index in [1.54, 1.807) is 0 Å². The van der Waals surface area contributed by atoms with Gasteiger partial charge in [0.15, 0.2) is 0 Å². The van der Waals surface area contributed by atoms with Crippen LogP contribution in [0.2, 0.25) is 0 Å². The van der Waals surface area contributed by atoms with Crippen molar-refractivity contribution in [1.29, 1.82) is 0 Å². The van der Waals surface area contributed by atoms with Crippen LogP contribution in [0, 0.1) is 11.8 Å². The van der Waals surface area contributed by atoms with Crippen molar-refractivity contribution in [2.24, 2.45) is 11.8 Å². The first-order chi connectivity index (χ1) is 6.50. The molecule has 0 aliphatic carbocycles. The Bertz CT molecular complexity index is 208. The van der Waals surface area contributed by atoms with Crippen molar-refractivity contribution in [3.05, 3.63) is 0 Å². The summed E-state index contributed by atoms with van der Waals surface area (Å²) in [6, 6.07) is 0. The van der Waals surface area contributed by atoms with Gasteiger partial charge in [-0.25, -0.2) is 4.39 Å². The van der Waals surface area contributed by atoms with Gasteiger partial charge in [0.2, 0.25) is 0 Å². The van der Waals surface area contributed by atoms with Crippen molar-refractivity contribution < 1.29 is 14.3 Å². The quantitative estimate of drug-likeness (QED) is 0.753. The summed E-state index contributed by atoms with van der Waals surface area (Å²) in [4.78, 5) is 12.9. The normalized spacial score (nSPS) is 31.4. The van der Waals surface area contributed by atoms with Crippen molar-refractivity contribution in [2.45, 2.75) is 25.9 Å². The highest BCUT2D eigenvalue weighted by Gasteiger charge is 2.33. The van der Waals surface area contributed by atoms with Gasteiger partial charge in [0.05, 0.1) is 12.1 Å². The molecule has 0 aromatic rings. The molecule has 4 heteroatoms. The third kappa shape index (κ3) is 2.94. The van der Waals surface area contributed by atoms with E-state index < -0.39 is 18.1 Å². The topological polar surface area (TPSA) is 40.5 Å². The number of alkyl halides is 1. The lowest BCUT2D eigenvalue weighted by Gasteiger charge is -2.34. The van der Waals surface area contributed by atoms with Crippen molar-refractivity contribution >= 4 is 5.97 Å². The van der Waals surface area contributed by atoms with Crippen LogP contribution in [-0.4, -0.2) is 42.3 Å². The lowest BCUT2D eigenvalue weighted by atomic mass is 9.82. The molecule has 0 saturated carbocycles. The monoisotopic (exact) mass is 203 g/mol. The smallest absolute Gasteiger partial charge is 0.308 e. The van der Waals surface area contributed by atoms with E-state index in [9.17, 15) is 9.18 Å². The van der Waals surface area contributed by atoms with Crippen LogP contribution >= 0.6 is 0 Å². The SMILES string of the molecule is CC(F)CC1CCN(C)CC1C(=O)O. The van der Waals surface area contributed by atoms with Gasteiger partial charge in [-0.05, 0) is 39.3 Å². The fourth-order valence-electron chi connectivity index (χ4n) is 2.14. The van der Waals surface area contributed by atoms with Crippen LogP contribution in [0.15, 0.2) is 0 Å². The zero-order chi connectivity index (χ0) is 10.7. The molecule has 82 valence electrons. The average molecular weight is 203 g/mol. The summed E-state index contributed by atoms with van der Waals surface area (Å²) in [5, 5.41) is 8.99. The number of carbonyl (C=O) groups is 1. The summed E-state index contributed by atoms with van der Waals surface area (Å²) >= 11 is 0. The van der Waals surface area contributed by atoms with Gasteiger partial charge in [0, 0.05) is 6.54 Å². The van der Waals surface area contributed by atoms with Crippen molar-refractivity contribution in [3.63, 3.8) is 0 Å². The maximum absolute atomic E-state index is 12.8. The summed E-state index contributed by atoms with van der Waals surface area (Å²) < 4.78 is 12.8. The number of carboxylic acids is 1. The van der Waals surface area contributed by atoms with E-state index >= 15 is 0 Å². The Hall–Kier alpha value is -0.640. The van der Waals surface area contributed by atoms with Crippen LogP contribution in [0.1, 0.15) is 19.8 Å². The highest BCUT2D eigenvalue weighted by atomic mass is 19.1. The molecule has 0 amide bonds. The van der Waals surface area contributed by atoms with E-state index in [0.717, 1.165) is 13.0 Å². The Morgan fingerprint density at radius 1 is 1.71 bits per heavy atom. The predicted molar refractivity (Wildman–Crippen MR) is 51.9 cm³/mol. The lowest BCUT2D eigenvalue weighted by Crippen LogP contribution is -2.42.